The molecule has 0 fully saturated rings. The second kappa shape index (κ2) is 15.6. The molecule has 0 aromatic rings. The van der Waals surface area contributed by atoms with Crippen molar-refractivity contribution < 1.29 is 23.8 Å². The third kappa shape index (κ3) is 16.6. The van der Waals surface area contributed by atoms with Gasteiger partial charge in [0.1, 0.15) is 6.04 Å². The molecule has 0 saturated carbocycles. The maximum atomic E-state index is 12.5. The van der Waals surface area contributed by atoms with Crippen molar-refractivity contribution in [1.29, 1.82) is 0 Å². The van der Waals surface area contributed by atoms with Crippen molar-refractivity contribution >= 4 is 11.8 Å². The van der Waals surface area contributed by atoms with Crippen LogP contribution < -0.4 is 16.0 Å². The van der Waals surface area contributed by atoms with Crippen LogP contribution in [0.4, 0.5) is 0 Å². The van der Waals surface area contributed by atoms with Gasteiger partial charge in [0.25, 0.3) is 0 Å². The topological polar surface area (TPSA) is 97.9 Å². The first-order valence-corrected chi connectivity index (χ1v) is 11.0. The molecule has 0 aliphatic rings. The zero-order chi connectivity index (χ0) is 23.0. The van der Waals surface area contributed by atoms with Crippen LogP contribution in [-0.4, -0.2) is 76.1 Å². The molecule has 1 atom stereocenters. The van der Waals surface area contributed by atoms with Gasteiger partial charge in [-0.1, -0.05) is 34.1 Å². The third-order valence-corrected chi connectivity index (χ3v) is 4.07. The molecule has 0 aliphatic carbocycles. The van der Waals surface area contributed by atoms with E-state index in [0.29, 0.717) is 46.1 Å². The van der Waals surface area contributed by atoms with E-state index in [1.54, 1.807) is 0 Å². The van der Waals surface area contributed by atoms with Crippen molar-refractivity contribution in [1.82, 2.24) is 16.0 Å². The number of unbranched alkanes of at least 4 members (excludes halogenated alkanes) is 1. The van der Waals surface area contributed by atoms with Crippen molar-refractivity contribution in [2.75, 3.05) is 52.7 Å². The van der Waals surface area contributed by atoms with Crippen molar-refractivity contribution in [3.8, 4) is 0 Å². The molecule has 0 aliphatic heterocycles. The summed E-state index contributed by atoms with van der Waals surface area (Å²) in [6.45, 7) is 17.6. The lowest BCUT2D eigenvalue weighted by Crippen LogP contribution is -2.56. The lowest BCUT2D eigenvalue weighted by atomic mass is 9.95. The third-order valence-electron chi connectivity index (χ3n) is 4.07. The molecule has 2 amide bonds. The number of nitrogens with one attached hydrogen (secondary N) is 3. The van der Waals surface area contributed by atoms with Crippen LogP contribution in [0.2, 0.25) is 0 Å². The predicted octanol–water partition coefficient (Wildman–Crippen LogP) is 1.87. The van der Waals surface area contributed by atoms with Gasteiger partial charge in [0, 0.05) is 30.7 Å². The highest BCUT2D eigenvalue weighted by atomic mass is 16.5. The van der Waals surface area contributed by atoms with Gasteiger partial charge in [-0.25, -0.2) is 0 Å². The largest absolute Gasteiger partial charge is 0.379 e. The second-order valence-corrected chi connectivity index (χ2v) is 9.39. The van der Waals surface area contributed by atoms with Gasteiger partial charge in [-0.2, -0.15) is 0 Å². The van der Waals surface area contributed by atoms with Crippen molar-refractivity contribution in [3.63, 3.8) is 0 Å². The number of hydrogen-bond acceptors (Lipinski definition) is 6. The summed E-state index contributed by atoms with van der Waals surface area (Å²) in [5, 5.41) is 8.94. The maximum Gasteiger partial charge on any atom is 0.243 e. The highest BCUT2D eigenvalue weighted by molar-refractivity contribution is 5.89. The van der Waals surface area contributed by atoms with Crippen LogP contribution in [0.5, 0.6) is 0 Å². The molecule has 0 aromatic carbocycles. The fourth-order valence-corrected chi connectivity index (χ4v) is 2.15. The molecule has 8 heteroatoms. The molecular weight excluding hydrogens is 386 g/mol. The Bertz CT molecular complexity index is 472. The summed E-state index contributed by atoms with van der Waals surface area (Å²) >= 11 is 0. The predicted molar refractivity (Wildman–Crippen MR) is 120 cm³/mol. The van der Waals surface area contributed by atoms with Gasteiger partial charge >= 0.3 is 0 Å². The summed E-state index contributed by atoms with van der Waals surface area (Å²) in [6, 6.07) is -0.646. The van der Waals surface area contributed by atoms with Crippen molar-refractivity contribution in [3.05, 3.63) is 0 Å². The van der Waals surface area contributed by atoms with Gasteiger partial charge in [-0.05, 0) is 27.2 Å². The summed E-state index contributed by atoms with van der Waals surface area (Å²) in [5.41, 5.74) is -0.723. The minimum atomic E-state index is -0.646. The molecule has 1 unspecified atom stereocenters. The minimum Gasteiger partial charge on any atom is -0.379 e. The molecule has 0 bridgehead atoms. The first-order chi connectivity index (χ1) is 14.0. The zero-order valence-electron chi connectivity index (χ0n) is 20.2. The molecule has 8 nitrogen and oxygen atoms in total. The standard InChI is InChI=1S/C22H45N3O5/c1-8-9-11-28-13-15-30-16-14-29-12-10-23-19(26)18(17-24-22(5,6)7)25-20(27)21(2,3)4/h18,24H,8-17H2,1-7H3,(H,23,26)(H,25,27). The van der Waals surface area contributed by atoms with Crippen LogP contribution in [-0.2, 0) is 23.8 Å². The number of rotatable bonds is 16. The van der Waals surface area contributed by atoms with E-state index in [4.69, 9.17) is 14.2 Å². The fraction of sp³-hybridized carbons (Fsp3) is 0.909. The van der Waals surface area contributed by atoms with E-state index in [-0.39, 0.29) is 17.4 Å². The minimum absolute atomic E-state index is 0.158. The van der Waals surface area contributed by atoms with Gasteiger partial charge < -0.3 is 30.2 Å². The van der Waals surface area contributed by atoms with Crippen LogP contribution in [0, 0.1) is 5.41 Å². The quantitative estimate of drug-likeness (QED) is 0.323. The SMILES string of the molecule is CCCCOCCOCCOCCNC(=O)C(CNC(C)(C)C)NC(=O)C(C)(C)C. The Labute approximate surface area is 183 Å². The van der Waals surface area contributed by atoms with E-state index in [1.807, 2.05) is 41.5 Å². The summed E-state index contributed by atoms with van der Waals surface area (Å²) in [4.78, 5) is 24.9. The number of amides is 2. The normalized spacial score (nSPS) is 13.2. The summed E-state index contributed by atoms with van der Waals surface area (Å²) < 4.78 is 16.3. The monoisotopic (exact) mass is 431 g/mol. The molecule has 0 rings (SSSR count). The molecule has 0 aromatic heterocycles. The Hall–Kier alpha value is -1.22. The summed E-state index contributed by atoms with van der Waals surface area (Å²) in [5.74, 6) is -0.390. The average Bonchev–Trinajstić information content (AvgIpc) is 2.64. The molecule has 0 spiro atoms. The van der Waals surface area contributed by atoms with Crippen LogP contribution in [0.15, 0.2) is 0 Å². The number of hydrogen-bond donors (Lipinski definition) is 3. The Morgan fingerprint density at radius 2 is 1.37 bits per heavy atom. The van der Waals surface area contributed by atoms with Crippen molar-refractivity contribution in [2.45, 2.75) is 72.9 Å². The van der Waals surface area contributed by atoms with E-state index in [0.717, 1.165) is 19.4 Å². The van der Waals surface area contributed by atoms with Crippen LogP contribution in [0.25, 0.3) is 0 Å². The van der Waals surface area contributed by atoms with E-state index in [2.05, 4.69) is 22.9 Å². The van der Waals surface area contributed by atoms with E-state index in [1.165, 1.54) is 0 Å². The Morgan fingerprint density at radius 1 is 0.833 bits per heavy atom. The number of carbonyl (C=O) groups excluding carboxylic acids is 2. The van der Waals surface area contributed by atoms with Gasteiger partial charge in [0.15, 0.2) is 0 Å². The molecule has 3 N–H and O–H groups in total. The lowest BCUT2D eigenvalue weighted by Gasteiger charge is -2.27. The highest BCUT2D eigenvalue weighted by Gasteiger charge is 2.28. The summed E-state index contributed by atoms with van der Waals surface area (Å²) in [7, 11) is 0. The first-order valence-electron chi connectivity index (χ1n) is 11.0. The van der Waals surface area contributed by atoms with Crippen molar-refractivity contribution in [2.24, 2.45) is 5.41 Å². The Morgan fingerprint density at radius 3 is 1.87 bits per heavy atom. The molecule has 30 heavy (non-hydrogen) atoms. The van der Waals surface area contributed by atoms with E-state index < -0.39 is 11.5 Å². The molecule has 0 saturated heterocycles. The van der Waals surface area contributed by atoms with Gasteiger partial charge in [0.05, 0.1) is 33.0 Å². The molecular formula is C22H45N3O5. The number of ether oxygens (including phenoxy) is 3. The molecule has 178 valence electrons. The average molecular weight is 432 g/mol. The van der Waals surface area contributed by atoms with Crippen LogP contribution in [0.3, 0.4) is 0 Å². The van der Waals surface area contributed by atoms with Crippen LogP contribution >= 0.6 is 0 Å². The smallest absolute Gasteiger partial charge is 0.243 e. The van der Waals surface area contributed by atoms with Gasteiger partial charge in [-0.3, -0.25) is 9.59 Å². The Balaban J connectivity index is 4.08. The van der Waals surface area contributed by atoms with Gasteiger partial charge in [-0.15, -0.1) is 0 Å². The number of carbonyl (C=O) groups is 2. The second-order valence-electron chi connectivity index (χ2n) is 9.39. The lowest BCUT2D eigenvalue weighted by molar-refractivity contribution is -0.133. The van der Waals surface area contributed by atoms with E-state index >= 15 is 0 Å². The fourth-order valence-electron chi connectivity index (χ4n) is 2.15. The van der Waals surface area contributed by atoms with E-state index in [9.17, 15) is 9.59 Å². The van der Waals surface area contributed by atoms with Gasteiger partial charge in [0.2, 0.25) is 11.8 Å². The molecule has 0 radical (unpaired) electrons. The zero-order valence-corrected chi connectivity index (χ0v) is 20.2. The summed E-state index contributed by atoms with van der Waals surface area (Å²) in [6.07, 6.45) is 2.20. The first kappa shape index (κ1) is 28.8. The molecule has 0 heterocycles. The Kier molecular flexibility index (Phi) is 14.9. The van der Waals surface area contributed by atoms with Crippen LogP contribution in [0.1, 0.15) is 61.3 Å². The highest BCUT2D eigenvalue weighted by Crippen LogP contribution is 2.13. The maximum absolute atomic E-state index is 12.5.